The first-order valence-corrected chi connectivity index (χ1v) is 5.55. The highest BCUT2D eigenvalue weighted by molar-refractivity contribution is 5.83. The van der Waals surface area contributed by atoms with Gasteiger partial charge in [-0.15, -0.1) is 0 Å². The molecule has 0 bridgehead atoms. The Balaban J connectivity index is 2.41. The predicted molar refractivity (Wildman–Crippen MR) is 59.5 cm³/mol. The second-order valence-corrected chi connectivity index (χ2v) is 4.99. The Bertz CT molecular complexity index is 239. The Morgan fingerprint density at radius 3 is 2.67 bits per heavy atom. The molecule has 0 saturated carbocycles. The van der Waals surface area contributed by atoms with Gasteiger partial charge < -0.3 is 15.3 Å². The normalized spacial score (nSPS) is 26.1. The van der Waals surface area contributed by atoms with Crippen LogP contribution in [0.4, 0.5) is 0 Å². The number of nitrogens with zero attached hydrogens (tertiary/aromatic N) is 1. The van der Waals surface area contributed by atoms with E-state index in [9.17, 15) is 9.90 Å². The molecule has 4 nitrogen and oxygen atoms in total. The van der Waals surface area contributed by atoms with Crippen molar-refractivity contribution < 1.29 is 9.90 Å². The second kappa shape index (κ2) is 4.49. The van der Waals surface area contributed by atoms with E-state index in [0.29, 0.717) is 6.54 Å². The van der Waals surface area contributed by atoms with Crippen molar-refractivity contribution in [2.24, 2.45) is 5.92 Å². The summed E-state index contributed by atoms with van der Waals surface area (Å²) < 4.78 is 0. The van der Waals surface area contributed by atoms with Crippen LogP contribution in [0.25, 0.3) is 0 Å². The zero-order valence-corrected chi connectivity index (χ0v) is 10.1. The maximum absolute atomic E-state index is 11.6. The summed E-state index contributed by atoms with van der Waals surface area (Å²) in [6, 6.07) is -0.111. The van der Waals surface area contributed by atoms with Crippen molar-refractivity contribution in [2.75, 3.05) is 20.1 Å². The molecule has 1 aliphatic rings. The highest BCUT2D eigenvalue weighted by Crippen LogP contribution is 2.16. The predicted octanol–water partition coefficient (Wildman–Crippen LogP) is 0.214. The van der Waals surface area contributed by atoms with Crippen molar-refractivity contribution in [1.29, 1.82) is 0 Å². The number of carbonyl (C=O) groups is 1. The molecule has 4 heteroatoms. The minimum absolute atomic E-state index is 0.111. The molecule has 1 fully saturated rings. The van der Waals surface area contributed by atoms with E-state index in [1.165, 1.54) is 0 Å². The maximum atomic E-state index is 11.6. The van der Waals surface area contributed by atoms with E-state index >= 15 is 0 Å². The third-order valence-electron chi connectivity index (χ3n) is 3.38. The van der Waals surface area contributed by atoms with Crippen LogP contribution in [0.3, 0.4) is 0 Å². The molecule has 0 spiro atoms. The molecule has 0 radical (unpaired) electrons. The molecule has 2 N–H and O–H groups in total. The molecule has 1 aliphatic heterocycles. The Hall–Kier alpha value is -0.610. The zero-order valence-electron chi connectivity index (χ0n) is 10.1. The lowest BCUT2D eigenvalue weighted by Gasteiger charge is -2.29. The maximum Gasteiger partial charge on any atom is 0.239 e. The Kier molecular flexibility index (Phi) is 3.73. The molecular formula is C11H22N2O2. The summed E-state index contributed by atoms with van der Waals surface area (Å²) in [7, 11) is 1.81. The molecule has 2 atom stereocenters. The standard InChI is InChI=1S/C11H22N2O2/c1-8(2)11(3,15)7-12-9-5-6-13(4)10(9)14/h8-9,12,15H,5-7H2,1-4H3. The monoisotopic (exact) mass is 214 g/mol. The van der Waals surface area contributed by atoms with Gasteiger partial charge in [-0.3, -0.25) is 4.79 Å². The third kappa shape index (κ3) is 2.92. The number of aliphatic hydroxyl groups is 1. The van der Waals surface area contributed by atoms with Crippen molar-refractivity contribution in [2.45, 2.75) is 38.8 Å². The van der Waals surface area contributed by atoms with E-state index in [2.05, 4.69) is 5.32 Å². The first-order chi connectivity index (χ1) is 6.84. The SMILES string of the molecule is CC(C)C(C)(O)CNC1CCN(C)C1=O. The highest BCUT2D eigenvalue weighted by Gasteiger charge is 2.32. The van der Waals surface area contributed by atoms with Crippen LogP contribution in [0.15, 0.2) is 0 Å². The van der Waals surface area contributed by atoms with Crippen molar-refractivity contribution in [3.05, 3.63) is 0 Å². The lowest BCUT2D eigenvalue weighted by molar-refractivity contribution is -0.128. The van der Waals surface area contributed by atoms with Crippen LogP contribution in [-0.2, 0) is 4.79 Å². The van der Waals surface area contributed by atoms with E-state index in [0.717, 1.165) is 13.0 Å². The van der Waals surface area contributed by atoms with Crippen molar-refractivity contribution in [1.82, 2.24) is 10.2 Å². The topological polar surface area (TPSA) is 52.6 Å². The minimum atomic E-state index is -0.749. The molecule has 1 amide bonds. The molecular weight excluding hydrogens is 192 g/mol. The molecule has 0 aromatic heterocycles. The number of rotatable bonds is 4. The molecule has 1 saturated heterocycles. The van der Waals surface area contributed by atoms with Gasteiger partial charge in [-0.05, 0) is 19.3 Å². The third-order valence-corrected chi connectivity index (χ3v) is 3.38. The zero-order chi connectivity index (χ0) is 11.6. The Morgan fingerprint density at radius 2 is 2.27 bits per heavy atom. The number of hydrogen-bond donors (Lipinski definition) is 2. The van der Waals surface area contributed by atoms with Crippen molar-refractivity contribution in [3.8, 4) is 0 Å². The van der Waals surface area contributed by atoms with Crippen molar-refractivity contribution in [3.63, 3.8) is 0 Å². The van der Waals surface area contributed by atoms with Crippen molar-refractivity contribution >= 4 is 5.91 Å². The molecule has 0 aromatic carbocycles. The van der Waals surface area contributed by atoms with Gasteiger partial charge >= 0.3 is 0 Å². The van der Waals surface area contributed by atoms with Crippen LogP contribution < -0.4 is 5.32 Å². The van der Waals surface area contributed by atoms with Gasteiger partial charge in [0.2, 0.25) is 5.91 Å². The van der Waals surface area contributed by atoms with Gasteiger partial charge in [-0.25, -0.2) is 0 Å². The quantitative estimate of drug-likeness (QED) is 0.703. The van der Waals surface area contributed by atoms with Gasteiger partial charge in [0.05, 0.1) is 11.6 Å². The summed E-state index contributed by atoms with van der Waals surface area (Å²) in [5.74, 6) is 0.314. The number of nitrogens with one attached hydrogen (secondary N) is 1. The fourth-order valence-corrected chi connectivity index (χ4v) is 1.55. The molecule has 88 valence electrons. The average Bonchev–Trinajstić information content (AvgIpc) is 2.45. The van der Waals surface area contributed by atoms with E-state index in [-0.39, 0.29) is 17.9 Å². The van der Waals surface area contributed by atoms with Gasteiger partial charge in [0.1, 0.15) is 0 Å². The van der Waals surface area contributed by atoms with Crippen LogP contribution in [0, 0.1) is 5.92 Å². The molecule has 1 rings (SSSR count). The Morgan fingerprint density at radius 1 is 1.67 bits per heavy atom. The number of likely N-dealkylation sites (N-methyl/N-ethyl adjacent to an activating group) is 1. The largest absolute Gasteiger partial charge is 0.389 e. The number of amides is 1. The molecule has 0 aliphatic carbocycles. The fourth-order valence-electron chi connectivity index (χ4n) is 1.55. The van der Waals surface area contributed by atoms with E-state index in [4.69, 9.17) is 0 Å². The fraction of sp³-hybridized carbons (Fsp3) is 0.909. The smallest absolute Gasteiger partial charge is 0.239 e. The first-order valence-electron chi connectivity index (χ1n) is 5.55. The van der Waals surface area contributed by atoms with E-state index in [1.54, 1.807) is 11.8 Å². The summed E-state index contributed by atoms with van der Waals surface area (Å²) in [4.78, 5) is 13.3. The van der Waals surface area contributed by atoms with Gasteiger partial charge in [-0.2, -0.15) is 0 Å². The molecule has 0 aromatic rings. The minimum Gasteiger partial charge on any atom is -0.389 e. The summed E-state index contributed by atoms with van der Waals surface area (Å²) in [6.45, 7) is 7.03. The van der Waals surface area contributed by atoms with Gasteiger partial charge in [0.25, 0.3) is 0 Å². The molecule has 15 heavy (non-hydrogen) atoms. The summed E-state index contributed by atoms with van der Waals surface area (Å²) in [6.07, 6.45) is 0.837. The number of likely N-dealkylation sites (tertiary alicyclic amines) is 1. The Labute approximate surface area is 91.6 Å². The summed E-state index contributed by atoms with van der Waals surface area (Å²) in [5, 5.41) is 13.2. The lowest BCUT2D eigenvalue weighted by atomic mass is 9.92. The molecule has 2 unspecified atom stereocenters. The van der Waals surface area contributed by atoms with Crippen LogP contribution in [0.1, 0.15) is 27.2 Å². The number of hydrogen-bond acceptors (Lipinski definition) is 3. The van der Waals surface area contributed by atoms with Crippen LogP contribution in [0.5, 0.6) is 0 Å². The second-order valence-electron chi connectivity index (χ2n) is 4.99. The van der Waals surface area contributed by atoms with E-state index in [1.807, 2.05) is 20.9 Å². The lowest BCUT2D eigenvalue weighted by Crippen LogP contribution is -2.47. The van der Waals surface area contributed by atoms with Gasteiger partial charge in [0.15, 0.2) is 0 Å². The van der Waals surface area contributed by atoms with Crippen LogP contribution in [-0.4, -0.2) is 47.7 Å². The van der Waals surface area contributed by atoms with Crippen LogP contribution >= 0.6 is 0 Å². The van der Waals surface area contributed by atoms with Crippen LogP contribution in [0.2, 0.25) is 0 Å². The molecule has 1 heterocycles. The number of carbonyl (C=O) groups excluding carboxylic acids is 1. The highest BCUT2D eigenvalue weighted by atomic mass is 16.3. The van der Waals surface area contributed by atoms with Gasteiger partial charge in [0, 0.05) is 20.1 Å². The summed E-state index contributed by atoms with van der Waals surface area (Å²) in [5.41, 5.74) is -0.749. The summed E-state index contributed by atoms with van der Waals surface area (Å²) >= 11 is 0. The average molecular weight is 214 g/mol. The van der Waals surface area contributed by atoms with E-state index < -0.39 is 5.60 Å². The van der Waals surface area contributed by atoms with Gasteiger partial charge in [-0.1, -0.05) is 13.8 Å². The first kappa shape index (κ1) is 12.5.